The molecule has 0 amide bonds. The van der Waals surface area contributed by atoms with Crippen molar-refractivity contribution in [3.63, 3.8) is 0 Å². The molecule has 4 heteroatoms. The molecule has 0 bridgehead atoms. The minimum atomic E-state index is -0.809. The zero-order valence-corrected chi connectivity index (χ0v) is 14.5. The van der Waals surface area contributed by atoms with Crippen LogP contribution in [-0.2, 0) is 11.2 Å². The molecule has 2 aromatic carbocycles. The second-order valence-electron chi connectivity index (χ2n) is 6.29. The Hall–Kier alpha value is -2.62. The summed E-state index contributed by atoms with van der Waals surface area (Å²) >= 11 is 0. The van der Waals surface area contributed by atoms with Gasteiger partial charge in [-0.25, -0.2) is 4.98 Å². The number of aromatic nitrogens is 2. The van der Waals surface area contributed by atoms with E-state index in [1.807, 2.05) is 24.3 Å². The van der Waals surface area contributed by atoms with Crippen molar-refractivity contribution >= 4 is 17.0 Å². The largest absolute Gasteiger partial charge is 0.481 e. The molecule has 4 nitrogen and oxygen atoms in total. The Morgan fingerprint density at radius 2 is 1.79 bits per heavy atom. The van der Waals surface area contributed by atoms with Crippen molar-refractivity contribution in [2.75, 3.05) is 0 Å². The van der Waals surface area contributed by atoms with Crippen LogP contribution in [0.3, 0.4) is 0 Å². The van der Waals surface area contributed by atoms with Gasteiger partial charge in [-0.2, -0.15) is 0 Å². The summed E-state index contributed by atoms with van der Waals surface area (Å²) in [6.45, 7) is 8.00. The first-order valence-electron chi connectivity index (χ1n) is 8.24. The van der Waals surface area contributed by atoms with Crippen LogP contribution >= 0.6 is 0 Å². The number of carboxylic acids is 1. The van der Waals surface area contributed by atoms with Crippen LogP contribution in [0.2, 0.25) is 0 Å². The third kappa shape index (κ3) is 2.68. The van der Waals surface area contributed by atoms with Crippen LogP contribution in [-0.4, -0.2) is 20.6 Å². The molecule has 124 valence electrons. The number of aryl methyl sites for hydroxylation is 3. The molecule has 0 aliphatic rings. The Morgan fingerprint density at radius 3 is 2.38 bits per heavy atom. The van der Waals surface area contributed by atoms with Crippen LogP contribution < -0.4 is 0 Å². The van der Waals surface area contributed by atoms with E-state index in [0.29, 0.717) is 0 Å². The van der Waals surface area contributed by atoms with E-state index in [2.05, 4.69) is 37.5 Å². The monoisotopic (exact) mass is 322 g/mol. The molecule has 1 heterocycles. The Balaban J connectivity index is 2.14. The van der Waals surface area contributed by atoms with E-state index in [0.717, 1.165) is 34.5 Å². The van der Waals surface area contributed by atoms with Crippen molar-refractivity contribution in [1.29, 1.82) is 0 Å². The zero-order chi connectivity index (χ0) is 17.4. The zero-order valence-electron chi connectivity index (χ0n) is 14.5. The minimum Gasteiger partial charge on any atom is -0.481 e. The lowest BCUT2D eigenvalue weighted by Gasteiger charge is -2.11. The van der Waals surface area contributed by atoms with Gasteiger partial charge in [0.25, 0.3) is 0 Å². The number of hydrogen-bond donors (Lipinski definition) is 1. The van der Waals surface area contributed by atoms with Gasteiger partial charge < -0.3 is 5.11 Å². The van der Waals surface area contributed by atoms with Gasteiger partial charge in [0.1, 0.15) is 5.82 Å². The van der Waals surface area contributed by atoms with Gasteiger partial charge in [-0.3, -0.25) is 9.36 Å². The average molecular weight is 322 g/mol. The molecule has 24 heavy (non-hydrogen) atoms. The lowest BCUT2D eigenvalue weighted by Crippen LogP contribution is -2.07. The quantitative estimate of drug-likeness (QED) is 0.775. The van der Waals surface area contributed by atoms with E-state index in [4.69, 9.17) is 10.1 Å². The molecule has 3 rings (SSSR count). The summed E-state index contributed by atoms with van der Waals surface area (Å²) in [5.41, 5.74) is 6.38. The summed E-state index contributed by atoms with van der Waals surface area (Å²) in [4.78, 5) is 15.9. The summed E-state index contributed by atoms with van der Waals surface area (Å²) in [6.07, 6.45) is 0.833. The highest BCUT2D eigenvalue weighted by Crippen LogP contribution is 2.26. The lowest BCUT2D eigenvalue weighted by atomic mass is 10.0. The van der Waals surface area contributed by atoms with Crippen LogP contribution in [0.4, 0.5) is 0 Å². The van der Waals surface area contributed by atoms with E-state index >= 15 is 0 Å². The van der Waals surface area contributed by atoms with Gasteiger partial charge in [-0.05, 0) is 61.7 Å². The fraction of sp³-hybridized carbons (Fsp3) is 0.300. The van der Waals surface area contributed by atoms with Crippen molar-refractivity contribution < 1.29 is 9.90 Å². The van der Waals surface area contributed by atoms with E-state index in [1.165, 1.54) is 11.1 Å². The molecule has 0 aliphatic heterocycles. The molecule has 0 spiro atoms. The SMILES string of the molecule is CCc1nc2cc(C)c(C)cc2n1-c1ccc(C(C)C(=O)O)cc1. The molecule has 0 aliphatic carbocycles. The summed E-state index contributed by atoms with van der Waals surface area (Å²) in [5.74, 6) is -0.306. The predicted molar refractivity (Wildman–Crippen MR) is 96.0 cm³/mol. The normalized spacial score (nSPS) is 12.5. The highest BCUT2D eigenvalue weighted by molar-refractivity contribution is 5.80. The van der Waals surface area contributed by atoms with Crippen LogP contribution in [0.25, 0.3) is 16.7 Å². The van der Waals surface area contributed by atoms with Gasteiger partial charge in [0.2, 0.25) is 0 Å². The Bertz CT molecular complexity index is 908. The van der Waals surface area contributed by atoms with Gasteiger partial charge in [-0.15, -0.1) is 0 Å². The maximum atomic E-state index is 11.1. The van der Waals surface area contributed by atoms with E-state index in [1.54, 1.807) is 6.92 Å². The molecule has 1 aromatic heterocycles. The maximum absolute atomic E-state index is 11.1. The van der Waals surface area contributed by atoms with Gasteiger partial charge in [-0.1, -0.05) is 19.1 Å². The van der Waals surface area contributed by atoms with E-state index < -0.39 is 11.9 Å². The lowest BCUT2D eigenvalue weighted by molar-refractivity contribution is -0.138. The standard InChI is InChI=1S/C20H22N2O2/c1-5-19-21-17-10-12(2)13(3)11-18(17)22(19)16-8-6-15(7-9-16)14(4)20(23)24/h6-11,14H,5H2,1-4H3,(H,23,24). The smallest absolute Gasteiger partial charge is 0.310 e. The van der Waals surface area contributed by atoms with Crippen molar-refractivity contribution in [1.82, 2.24) is 9.55 Å². The molecule has 1 N–H and O–H groups in total. The first-order chi connectivity index (χ1) is 11.4. The second kappa shape index (κ2) is 6.11. The summed E-state index contributed by atoms with van der Waals surface area (Å²) in [7, 11) is 0. The first-order valence-corrected chi connectivity index (χ1v) is 8.24. The van der Waals surface area contributed by atoms with Crippen LogP contribution in [0.1, 0.15) is 42.3 Å². The Morgan fingerprint density at radius 1 is 1.17 bits per heavy atom. The fourth-order valence-corrected chi connectivity index (χ4v) is 2.96. The molecular weight excluding hydrogens is 300 g/mol. The highest BCUT2D eigenvalue weighted by atomic mass is 16.4. The molecular formula is C20H22N2O2. The number of fused-ring (bicyclic) bond motifs is 1. The number of rotatable bonds is 4. The Kier molecular flexibility index (Phi) is 4.14. The van der Waals surface area contributed by atoms with Gasteiger partial charge in [0, 0.05) is 12.1 Å². The maximum Gasteiger partial charge on any atom is 0.310 e. The number of carboxylic acid groups (broad SMARTS) is 1. The molecule has 0 radical (unpaired) electrons. The van der Waals surface area contributed by atoms with Crippen molar-refractivity contribution in [3.8, 4) is 5.69 Å². The minimum absolute atomic E-state index is 0.505. The van der Waals surface area contributed by atoms with Gasteiger partial charge >= 0.3 is 5.97 Å². The number of carbonyl (C=O) groups is 1. The molecule has 0 saturated carbocycles. The van der Waals surface area contributed by atoms with Crippen LogP contribution in [0.5, 0.6) is 0 Å². The number of nitrogens with zero attached hydrogens (tertiary/aromatic N) is 2. The number of imidazole rings is 1. The number of benzene rings is 2. The summed E-state index contributed by atoms with van der Waals surface area (Å²) in [5, 5.41) is 9.15. The summed E-state index contributed by atoms with van der Waals surface area (Å²) in [6, 6.07) is 12.0. The van der Waals surface area contributed by atoms with Gasteiger partial charge in [0.15, 0.2) is 0 Å². The number of hydrogen-bond acceptors (Lipinski definition) is 2. The van der Waals surface area contributed by atoms with E-state index in [9.17, 15) is 4.79 Å². The van der Waals surface area contributed by atoms with Gasteiger partial charge in [0.05, 0.1) is 17.0 Å². The predicted octanol–water partition coefficient (Wildman–Crippen LogP) is 4.39. The second-order valence-corrected chi connectivity index (χ2v) is 6.29. The molecule has 0 fully saturated rings. The topological polar surface area (TPSA) is 55.1 Å². The van der Waals surface area contributed by atoms with Crippen molar-refractivity contribution in [2.45, 2.75) is 40.0 Å². The van der Waals surface area contributed by atoms with E-state index in [-0.39, 0.29) is 0 Å². The molecule has 3 aromatic rings. The van der Waals surface area contributed by atoms with Crippen molar-refractivity contribution in [3.05, 3.63) is 58.9 Å². The first kappa shape index (κ1) is 16.2. The third-order valence-electron chi connectivity index (χ3n) is 4.68. The number of aliphatic carboxylic acids is 1. The average Bonchev–Trinajstić information content (AvgIpc) is 2.92. The fourth-order valence-electron chi connectivity index (χ4n) is 2.96. The van der Waals surface area contributed by atoms with Crippen molar-refractivity contribution in [2.24, 2.45) is 0 Å². The summed E-state index contributed by atoms with van der Waals surface area (Å²) < 4.78 is 2.16. The third-order valence-corrected chi connectivity index (χ3v) is 4.68. The van der Waals surface area contributed by atoms with Crippen LogP contribution in [0, 0.1) is 13.8 Å². The molecule has 0 saturated heterocycles. The molecule has 1 unspecified atom stereocenters. The molecule has 1 atom stereocenters. The Labute approximate surface area is 141 Å². The van der Waals surface area contributed by atoms with Crippen LogP contribution in [0.15, 0.2) is 36.4 Å². The highest BCUT2D eigenvalue weighted by Gasteiger charge is 2.15.